The predicted molar refractivity (Wildman–Crippen MR) is 105 cm³/mol. The molecule has 1 aliphatic rings. The lowest BCUT2D eigenvalue weighted by molar-refractivity contribution is -0.121. The van der Waals surface area contributed by atoms with Crippen molar-refractivity contribution in [1.29, 1.82) is 0 Å². The summed E-state index contributed by atoms with van der Waals surface area (Å²) in [7, 11) is -6.19. The Hall–Kier alpha value is -1.86. The Morgan fingerprint density at radius 2 is 1.69 bits per heavy atom. The highest BCUT2D eigenvalue weighted by Crippen LogP contribution is 2.15. The molecule has 0 spiro atoms. The van der Waals surface area contributed by atoms with Gasteiger partial charge in [-0.15, -0.1) is 0 Å². The smallest absolute Gasteiger partial charge is 0.243 e. The van der Waals surface area contributed by atoms with Crippen LogP contribution < -0.4 is 5.32 Å². The fraction of sp³-hybridized carbons (Fsp3) is 0.529. The van der Waals surface area contributed by atoms with Gasteiger partial charge in [0.1, 0.15) is 0 Å². The highest BCUT2D eigenvalue weighted by atomic mass is 32.2. The number of ketones is 1. The average Bonchev–Trinajstić information content (AvgIpc) is 2.68. The van der Waals surface area contributed by atoms with Gasteiger partial charge in [0, 0.05) is 32.2 Å². The summed E-state index contributed by atoms with van der Waals surface area (Å²) < 4.78 is 56.8. The van der Waals surface area contributed by atoms with Gasteiger partial charge in [-0.05, 0) is 19.1 Å². The number of rotatable bonds is 9. The monoisotopic (exact) mass is 447 g/mol. The third-order valence-corrected chi connectivity index (χ3v) is 8.07. The number of carbonyl (C=O) groups is 2. The first kappa shape index (κ1) is 23.4. The van der Waals surface area contributed by atoms with E-state index in [1.165, 1.54) is 42.5 Å². The molecule has 1 heterocycles. The summed E-state index contributed by atoms with van der Waals surface area (Å²) in [5, 5.41) is 2.43. The Bertz CT molecular complexity index is 938. The third-order valence-electron chi connectivity index (χ3n) is 4.38. The number of hydrogen-bond donors (Lipinski definition) is 1. The standard InChI is InChI=1S/C17H25N3O7S2/c1-14(21)15-3-5-16(6-4-15)29(25,26)19(2)13-17(22)18-7-12-28(23,24)20-8-10-27-11-9-20/h3-6H,7-13H2,1-2H3,(H,18,22). The van der Waals surface area contributed by atoms with Gasteiger partial charge in [-0.3, -0.25) is 9.59 Å². The zero-order valence-electron chi connectivity index (χ0n) is 16.3. The molecule has 1 saturated heterocycles. The van der Waals surface area contributed by atoms with Crippen LogP contribution in [-0.2, 0) is 29.6 Å². The Balaban J connectivity index is 1.88. The molecule has 29 heavy (non-hydrogen) atoms. The Morgan fingerprint density at radius 3 is 2.24 bits per heavy atom. The van der Waals surface area contributed by atoms with Crippen LogP contribution in [0, 0.1) is 0 Å². The molecule has 0 bridgehead atoms. The maximum absolute atomic E-state index is 12.5. The van der Waals surface area contributed by atoms with Gasteiger partial charge in [-0.25, -0.2) is 16.8 Å². The molecule has 0 aliphatic carbocycles. The van der Waals surface area contributed by atoms with Crippen LogP contribution in [-0.4, -0.2) is 89.3 Å². The van der Waals surface area contributed by atoms with Gasteiger partial charge in [0.15, 0.2) is 5.78 Å². The normalized spacial score (nSPS) is 16.0. The molecule has 0 aromatic heterocycles. The summed E-state index contributed by atoms with van der Waals surface area (Å²) in [6.07, 6.45) is 0. The molecule has 1 amide bonds. The topological polar surface area (TPSA) is 130 Å². The number of hydrogen-bond acceptors (Lipinski definition) is 7. The lowest BCUT2D eigenvalue weighted by Crippen LogP contribution is -2.45. The molecular weight excluding hydrogens is 422 g/mol. The van der Waals surface area contributed by atoms with Crippen molar-refractivity contribution in [3.05, 3.63) is 29.8 Å². The number of morpholine rings is 1. The summed E-state index contributed by atoms with van der Waals surface area (Å²) in [5.74, 6) is -1.08. The van der Waals surface area contributed by atoms with Crippen molar-refractivity contribution in [1.82, 2.24) is 13.9 Å². The quantitative estimate of drug-likeness (QED) is 0.495. The van der Waals surface area contributed by atoms with Crippen molar-refractivity contribution in [2.75, 3.05) is 52.2 Å². The van der Waals surface area contributed by atoms with Gasteiger partial charge >= 0.3 is 0 Å². The lowest BCUT2D eigenvalue weighted by Gasteiger charge is -2.26. The zero-order chi connectivity index (χ0) is 21.7. The van der Waals surface area contributed by atoms with Gasteiger partial charge in [0.2, 0.25) is 26.0 Å². The number of nitrogens with one attached hydrogen (secondary N) is 1. The van der Waals surface area contributed by atoms with Gasteiger partial charge in [0.05, 0.1) is 30.4 Å². The van der Waals surface area contributed by atoms with Gasteiger partial charge in [-0.1, -0.05) is 12.1 Å². The van der Waals surface area contributed by atoms with Crippen molar-refractivity contribution in [2.24, 2.45) is 0 Å². The summed E-state index contributed by atoms with van der Waals surface area (Å²) >= 11 is 0. The predicted octanol–water partition coefficient (Wildman–Crippen LogP) is -0.712. The van der Waals surface area contributed by atoms with Crippen molar-refractivity contribution < 1.29 is 31.2 Å². The van der Waals surface area contributed by atoms with Crippen LogP contribution in [0.2, 0.25) is 0 Å². The molecule has 10 nitrogen and oxygen atoms in total. The minimum atomic E-state index is -3.93. The van der Waals surface area contributed by atoms with E-state index in [9.17, 15) is 26.4 Å². The number of nitrogens with zero attached hydrogens (tertiary/aromatic N) is 2. The zero-order valence-corrected chi connectivity index (χ0v) is 18.0. The third kappa shape index (κ3) is 6.31. The molecule has 0 atom stereocenters. The lowest BCUT2D eigenvalue weighted by atomic mass is 10.2. The summed E-state index contributed by atoms with van der Waals surface area (Å²) in [6.45, 7) is 2.01. The van der Waals surface area contributed by atoms with Crippen molar-refractivity contribution in [2.45, 2.75) is 11.8 Å². The molecule has 1 N–H and O–H groups in total. The van der Waals surface area contributed by atoms with Gasteiger partial charge < -0.3 is 10.1 Å². The van der Waals surface area contributed by atoms with E-state index in [0.29, 0.717) is 18.8 Å². The van der Waals surface area contributed by atoms with Crippen LogP contribution in [0.15, 0.2) is 29.2 Å². The molecule has 12 heteroatoms. The van der Waals surface area contributed by atoms with E-state index in [2.05, 4.69) is 5.32 Å². The minimum absolute atomic E-state index is 0.0484. The van der Waals surface area contributed by atoms with E-state index >= 15 is 0 Å². The second-order valence-corrected chi connectivity index (χ2v) is 10.7. The molecule has 162 valence electrons. The first-order valence-corrected chi connectivity index (χ1v) is 12.0. The fourth-order valence-corrected chi connectivity index (χ4v) is 5.11. The number of Topliss-reactive ketones (excluding diaryl/α,β-unsaturated/α-hetero) is 1. The van der Waals surface area contributed by atoms with Crippen LogP contribution in [0.25, 0.3) is 0 Å². The summed E-state index contributed by atoms with van der Waals surface area (Å²) in [5.41, 5.74) is 0.380. The summed E-state index contributed by atoms with van der Waals surface area (Å²) in [6, 6.07) is 5.41. The first-order valence-electron chi connectivity index (χ1n) is 8.93. The maximum atomic E-state index is 12.5. The van der Waals surface area contributed by atoms with Crippen molar-refractivity contribution >= 4 is 31.7 Å². The number of likely N-dealkylation sites (N-methyl/N-ethyl adjacent to an activating group) is 1. The molecule has 2 rings (SSSR count). The summed E-state index contributed by atoms with van der Waals surface area (Å²) in [4.78, 5) is 23.3. The molecule has 0 radical (unpaired) electrons. The number of amides is 1. The molecule has 1 aliphatic heterocycles. The van der Waals surface area contributed by atoms with Crippen LogP contribution >= 0.6 is 0 Å². The molecular formula is C17H25N3O7S2. The van der Waals surface area contributed by atoms with Crippen LogP contribution in [0.3, 0.4) is 0 Å². The molecule has 1 fully saturated rings. The fourth-order valence-electron chi connectivity index (χ4n) is 2.66. The average molecular weight is 448 g/mol. The second-order valence-electron chi connectivity index (χ2n) is 6.52. The van der Waals surface area contributed by atoms with E-state index in [1.54, 1.807) is 0 Å². The first-order chi connectivity index (χ1) is 13.5. The van der Waals surface area contributed by atoms with E-state index in [4.69, 9.17) is 4.74 Å². The molecule has 0 saturated carbocycles. The number of sulfonamides is 2. The Morgan fingerprint density at radius 1 is 1.10 bits per heavy atom. The number of carbonyl (C=O) groups excluding carboxylic acids is 2. The van der Waals surface area contributed by atoms with Crippen molar-refractivity contribution in [3.63, 3.8) is 0 Å². The SMILES string of the molecule is CC(=O)c1ccc(S(=O)(=O)N(C)CC(=O)NCCS(=O)(=O)N2CCOCC2)cc1. The molecule has 1 aromatic rings. The Labute approximate surface area is 170 Å². The molecule has 1 aromatic carbocycles. The van der Waals surface area contributed by atoms with Crippen molar-refractivity contribution in [3.8, 4) is 0 Å². The largest absolute Gasteiger partial charge is 0.379 e. The highest BCUT2D eigenvalue weighted by molar-refractivity contribution is 7.89. The number of benzene rings is 1. The Kier molecular flexibility index (Phi) is 7.88. The van der Waals surface area contributed by atoms with E-state index in [1.807, 2.05) is 0 Å². The van der Waals surface area contributed by atoms with Gasteiger partial charge in [-0.2, -0.15) is 8.61 Å². The second kappa shape index (κ2) is 9.76. The van der Waals surface area contributed by atoms with Crippen LogP contribution in [0.1, 0.15) is 17.3 Å². The number of ether oxygens (including phenoxy) is 1. The minimum Gasteiger partial charge on any atom is -0.379 e. The van der Waals surface area contributed by atoms with E-state index < -0.39 is 32.5 Å². The highest BCUT2D eigenvalue weighted by Gasteiger charge is 2.25. The van der Waals surface area contributed by atoms with E-state index in [-0.39, 0.29) is 36.1 Å². The molecule has 0 unspecified atom stereocenters. The van der Waals surface area contributed by atoms with E-state index in [0.717, 1.165) is 4.31 Å². The van der Waals surface area contributed by atoms with Crippen LogP contribution in [0.4, 0.5) is 0 Å². The van der Waals surface area contributed by atoms with Gasteiger partial charge in [0.25, 0.3) is 0 Å². The maximum Gasteiger partial charge on any atom is 0.243 e. The van der Waals surface area contributed by atoms with Crippen LogP contribution in [0.5, 0.6) is 0 Å².